The van der Waals surface area contributed by atoms with Crippen molar-refractivity contribution in [3.63, 3.8) is 0 Å². The molecule has 2 aromatic carbocycles. The largest absolute Gasteiger partial charge is 0.496 e. The van der Waals surface area contributed by atoms with Crippen LogP contribution in [0.15, 0.2) is 36.4 Å². The highest BCUT2D eigenvalue weighted by Gasteiger charge is 2.35. The van der Waals surface area contributed by atoms with E-state index in [9.17, 15) is 9.59 Å². The van der Waals surface area contributed by atoms with Crippen molar-refractivity contribution in [2.45, 2.75) is 18.9 Å². The Balaban J connectivity index is 1.80. The zero-order chi connectivity index (χ0) is 20.3. The van der Waals surface area contributed by atoms with Gasteiger partial charge in [-0.3, -0.25) is 9.59 Å². The molecule has 6 nitrogen and oxygen atoms in total. The lowest BCUT2D eigenvalue weighted by molar-refractivity contribution is -0.119. The second-order valence-electron chi connectivity index (χ2n) is 6.30. The van der Waals surface area contributed by atoms with Gasteiger partial charge in [0.15, 0.2) is 0 Å². The van der Waals surface area contributed by atoms with Crippen molar-refractivity contribution < 1.29 is 14.3 Å². The SMILES string of the molecule is COc1ccc(Cl)cc1C(=O)N1CCCC1C(=O)Nc1ccc(C#N)c(Cl)c1. The van der Waals surface area contributed by atoms with Crippen LogP contribution in [0.25, 0.3) is 0 Å². The molecule has 144 valence electrons. The van der Waals surface area contributed by atoms with Crippen LogP contribution in [0.5, 0.6) is 5.75 Å². The number of benzene rings is 2. The molecule has 0 spiro atoms. The molecular formula is C20H17Cl2N3O3. The molecule has 1 aliphatic heterocycles. The van der Waals surface area contributed by atoms with E-state index in [0.29, 0.717) is 47.0 Å². The highest BCUT2D eigenvalue weighted by atomic mass is 35.5. The summed E-state index contributed by atoms with van der Waals surface area (Å²) in [5, 5.41) is 12.4. The molecule has 1 fully saturated rings. The van der Waals surface area contributed by atoms with Crippen LogP contribution < -0.4 is 10.1 Å². The molecule has 1 atom stereocenters. The number of ether oxygens (including phenoxy) is 1. The first-order chi connectivity index (χ1) is 13.4. The summed E-state index contributed by atoms with van der Waals surface area (Å²) in [6.45, 7) is 0.459. The Hall–Kier alpha value is -2.75. The van der Waals surface area contributed by atoms with Crippen LogP contribution in [0.4, 0.5) is 5.69 Å². The normalized spacial score (nSPS) is 15.8. The quantitative estimate of drug-likeness (QED) is 0.810. The molecule has 0 aromatic heterocycles. The lowest BCUT2D eigenvalue weighted by Gasteiger charge is -2.25. The Kier molecular flexibility index (Phi) is 6.08. The standard InChI is InChI=1S/C20H17Cl2N3O3/c1-28-18-7-5-13(21)9-15(18)20(27)25-8-2-3-17(25)19(26)24-14-6-4-12(11-23)16(22)10-14/h4-7,9-10,17H,2-3,8H2,1H3,(H,24,26). The molecule has 1 N–H and O–H groups in total. The summed E-state index contributed by atoms with van der Waals surface area (Å²) in [5.74, 6) is -0.221. The summed E-state index contributed by atoms with van der Waals surface area (Å²) >= 11 is 12.0. The molecule has 1 saturated heterocycles. The number of halogens is 2. The minimum absolute atomic E-state index is 0.253. The third-order valence-electron chi connectivity index (χ3n) is 4.57. The molecule has 1 aliphatic rings. The van der Waals surface area contributed by atoms with Gasteiger partial charge in [0.25, 0.3) is 5.91 Å². The van der Waals surface area contributed by atoms with Gasteiger partial charge in [-0.05, 0) is 49.2 Å². The average molecular weight is 418 g/mol. The van der Waals surface area contributed by atoms with E-state index >= 15 is 0 Å². The molecule has 3 rings (SSSR count). The minimum atomic E-state index is -0.620. The van der Waals surface area contributed by atoms with Crippen molar-refractivity contribution >= 4 is 40.7 Å². The summed E-state index contributed by atoms with van der Waals surface area (Å²) in [7, 11) is 1.48. The molecule has 1 heterocycles. The van der Waals surface area contributed by atoms with Gasteiger partial charge in [-0.1, -0.05) is 23.2 Å². The van der Waals surface area contributed by atoms with Crippen LogP contribution in [0.2, 0.25) is 10.0 Å². The highest BCUT2D eigenvalue weighted by Crippen LogP contribution is 2.28. The van der Waals surface area contributed by atoms with Crippen LogP contribution in [0, 0.1) is 11.3 Å². The Morgan fingerprint density at radius 3 is 2.71 bits per heavy atom. The Labute approximate surface area is 172 Å². The summed E-state index contributed by atoms with van der Waals surface area (Å²) in [6.07, 6.45) is 1.26. The number of nitrogens with one attached hydrogen (secondary N) is 1. The number of rotatable bonds is 4. The monoisotopic (exact) mass is 417 g/mol. The van der Waals surface area contributed by atoms with Crippen molar-refractivity contribution in [1.82, 2.24) is 4.90 Å². The number of nitriles is 1. The van der Waals surface area contributed by atoms with E-state index in [4.69, 9.17) is 33.2 Å². The number of carbonyl (C=O) groups excluding carboxylic acids is 2. The maximum Gasteiger partial charge on any atom is 0.258 e. The fourth-order valence-electron chi connectivity index (χ4n) is 3.19. The van der Waals surface area contributed by atoms with E-state index in [1.165, 1.54) is 30.2 Å². The smallest absolute Gasteiger partial charge is 0.258 e. The Morgan fingerprint density at radius 1 is 1.25 bits per heavy atom. The van der Waals surface area contributed by atoms with Crippen LogP contribution in [-0.4, -0.2) is 36.4 Å². The molecular weight excluding hydrogens is 401 g/mol. The molecule has 0 radical (unpaired) electrons. The van der Waals surface area contributed by atoms with E-state index < -0.39 is 6.04 Å². The van der Waals surface area contributed by atoms with Crippen molar-refractivity contribution in [2.24, 2.45) is 0 Å². The molecule has 0 bridgehead atoms. The van der Waals surface area contributed by atoms with E-state index in [-0.39, 0.29) is 16.8 Å². The molecule has 2 aromatic rings. The molecule has 8 heteroatoms. The first kappa shape index (κ1) is 20.0. The zero-order valence-corrected chi connectivity index (χ0v) is 16.5. The summed E-state index contributed by atoms with van der Waals surface area (Å²) < 4.78 is 5.26. The Morgan fingerprint density at radius 2 is 2.04 bits per heavy atom. The zero-order valence-electron chi connectivity index (χ0n) is 15.0. The number of nitrogens with zero attached hydrogens (tertiary/aromatic N) is 2. The molecule has 0 aliphatic carbocycles. The van der Waals surface area contributed by atoms with E-state index in [1.54, 1.807) is 18.2 Å². The summed E-state index contributed by atoms with van der Waals surface area (Å²) in [6, 6.07) is 10.8. The number of carbonyl (C=O) groups is 2. The number of likely N-dealkylation sites (tertiary alicyclic amines) is 1. The lowest BCUT2D eigenvalue weighted by Crippen LogP contribution is -2.43. The van der Waals surface area contributed by atoms with Gasteiger partial charge in [0.2, 0.25) is 5.91 Å². The van der Waals surface area contributed by atoms with Crippen molar-refractivity contribution in [3.05, 3.63) is 57.6 Å². The van der Waals surface area contributed by atoms with E-state index in [0.717, 1.165) is 0 Å². The number of amides is 2. The van der Waals surface area contributed by atoms with Crippen LogP contribution >= 0.6 is 23.2 Å². The van der Waals surface area contributed by atoms with Crippen LogP contribution in [0.3, 0.4) is 0 Å². The second-order valence-corrected chi connectivity index (χ2v) is 7.14. The maximum absolute atomic E-state index is 13.0. The van der Waals surface area contributed by atoms with E-state index in [2.05, 4.69) is 5.32 Å². The van der Waals surface area contributed by atoms with Crippen LogP contribution in [0.1, 0.15) is 28.8 Å². The highest BCUT2D eigenvalue weighted by molar-refractivity contribution is 6.32. The maximum atomic E-state index is 13.0. The number of methoxy groups -OCH3 is 1. The van der Waals surface area contributed by atoms with Crippen LogP contribution in [-0.2, 0) is 4.79 Å². The minimum Gasteiger partial charge on any atom is -0.496 e. The fraction of sp³-hybridized carbons (Fsp3) is 0.250. The summed E-state index contributed by atoms with van der Waals surface area (Å²) in [5.41, 5.74) is 1.11. The molecule has 2 amide bonds. The first-order valence-electron chi connectivity index (χ1n) is 8.59. The number of hydrogen-bond acceptors (Lipinski definition) is 4. The van der Waals surface area contributed by atoms with Gasteiger partial charge in [-0.2, -0.15) is 5.26 Å². The van der Waals surface area contributed by atoms with E-state index in [1.807, 2.05) is 6.07 Å². The predicted octanol–water partition coefficient (Wildman–Crippen LogP) is 4.12. The van der Waals surface area contributed by atoms with Crippen molar-refractivity contribution in [3.8, 4) is 11.8 Å². The first-order valence-corrected chi connectivity index (χ1v) is 9.35. The third kappa shape index (κ3) is 4.06. The van der Waals surface area contributed by atoms with Gasteiger partial charge in [-0.15, -0.1) is 0 Å². The van der Waals surface area contributed by atoms with Gasteiger partial charge < -0.3 is 15.0 Å². The molecule has 1 unspecified atom stereocenters. The molecule has 28 heavy (non-hydrogen) atoms. The van der Waals surface area contributed by atoms with Crippen molar-refractivity contribution in [1.29, 1.82) is 5.26 Å². The van der Waals surface area contributed by atoms with Gasteiger partial charge in [0, 0.05) is 17.3 Å². The van der Waals surface area contributed by atoms with Gasteiger partial charge in [0.1, 0.15) is 17.9 Å². The van der Waals surface area contributed by atoms with Gasteiger partial charge in [-0.25, -0.2) is 0 Å². The Bertz CT molecular complexity index is 972. The average Bonchev–Trinajstić information content (AvgIpc) is 3.17. The predicted molar refractivity (Wildman–Crippen MR) is 107 cm³/mol. The fourth-order valence-corrected chi connectivity index (χ4v) is 3.59. The molecule has 0 saturated carbocycles. The second kappa shape index (κ2) is 8.51. The van der Waals surface area contributed by atoms with Gasteiger partial charge in [0.05, 0.1) is 23.3 Å². The lowest BCUT2D eigenvalue weighted by atomic mass is 10.1. The van der Waals surface area contributed by atoms with Crippen molar-refractivity contribution in [2.75, 3.05) is 19.0 Å². The number of anilines is 1. The topological polar surface area (TPSA) is 82.4 Å². The third-order valence-corrected chi connectivity index (χ3v) is 5.11. The summed E-state index contributed by atoms with van der Waals surface area (Å²) in [4.78, 5) is 27.3. The number of hydrogen-bond donors (Lipinski definition) is 1. The van der Waals surface area contributed by atoms with Gasteiger partial charge >= 0.3 is 0 Å².